The van der Waals surface area contributed by atoms with E-state index in [0.717, 1.165) is 34.9 Å². The molecule has 1 heterocycles. The van der Waals surface area contributed by atoms with Crippen LogP contribution in [0.1, 0.15) is 24.7 Å². The third-order valence-electron chi connectivity index (χ3n) is 4.83. The summed E-state index contributed by atoms with van der Waals surface area (Å²) in [4.78, 5) is 7.19. The van der Waals surface area contributed by atoms with Gasteiger partial charge in [0.15, 0.2) is 0 Å². The second kappa shape index (κ2) is 8.83. The van der Waals surface area contributed by atoms with Crippen LogP contribution in [-0.4, -0.2) is 48.3 Å². The van der Waals surface area contributed by atoms with Gasteiger partial charge in [0.2, 0.25) is 10.0 Å². The van der Waals surface area contributed by atoms with Gasteiger partial charge in [-0.2, -0.15) is 0 Å². The smallest absolute Gasteiger partial charge is 0.242 e. The average molecular weight is 435 g/mol. The molecule has 0 amide bonds. The van der Waals surface area contributed by atoms with Crippen LogP contribution in [0.5, 0.6) is 0 Å². The van der Waals surface area contributed by atoms with Crippen molar-refractivity contribution in [1.82, 2.24) is 18.8 Å². The molecule has 3 rings (SSSR count). The van der Waals surface area contributed by atoms with Crippen LogP contribution < -0.4 is 0 Å². The van der Waals surface area contributed by atoms with Crippen molar-refractivity contribution in [2.45, 2.75) is 37.9 Å². The maximum Gasteiger partial charge on any atom is 0.242 e. The monoisotopic (exact) mass is 434 g/mol. The zero-order valence-corrected chi connectivity index (χ0v) is 18.8. The first-order valence-electron chi connectivity index (χ1n) is 9.57. The molecule has 3 aromatic rings. The summed E-state index contributed by atoms with van der Waals surface area (Å²) in [6, 6.07) is 13.0. The van der Waals surface area contributed by atoms with Gasteiger partial charge in [-0.05, 0) is 43.3 Å². The van der Waals surface area contributed by atoms with Crippen molar-refractivity contribution in [3.05, 3.63) is 58.9 Å². The lowest BCUT2D eigenvalue weighted by Crippen LogP contribution is -2.22. The lowest BCUT2D eigenvalue weighted by molar-refractivity contribution is 0.305. The van der Waals surface area contributed by atoms with E-state index in [1.165, 1.54) is 18.4 Å². The molecule has 0 aliphatic carbocycles. The summed E-state index contributed by atoms with van der Waals surface area (Å²) in [6.45, 7) is 4.28. The van der Waals surface area contributed by atoms with Gasteiger partial charge in [0.1, 0.15) is 5.82 Å². The number of sulfonamides is 1. The van der Waals surface area contributed by atoms with E-state index >= 15 is 0 Å². The fraction of sp³-hybridized carbons (Fsp3) is 0.381. The van der Waals surface area contributed by atoms with Crippen molar-refractivity contribution in [2.24, 2.45) is 0 Å². The number of fused-ring (bicyclic) bond motifs is 1. The molecule has 0 aliphatic heterocycles. The Kier molecular flexibility index (Phi) is 6.63. The Morgan fingerprint density at radius 3 is 2.45 bits per heavy atom. The molecular formula is C21H27ClN4O2S. The molecular weight excluding hydrogens is 408 g/mol. The molecule has 6 nitrogen and oxygen atoms in total. The number of benzene rings is 2. The highest BCUT2D eigenvalue weighted by molar-refractivity contribution is 7.89. The zero-order valence-electron chi connectivity index (χ0n) is 17.3. The fourth-order valence-corrected chi connectivity index (χ4v) is 4.46. The highest BCUT2D eigenvalue weighted by Gasteiger charge is 2.20. The van der Waals surface area contributed by atoms with Crippen LogP contribution in [0.15, 0.2) is 47.4 Å². The Hall–Kier alpha value is -1.93. The van der Waals surface area contributed by atoms with E-state index < -0.39 is 10.0 Å². The third kappa shape index (κ3) is 4.64. The lowest BCUT2D eigenvalue weighted by atomic mass is 10.2. The molecule has 0 aliphatic rings. The number of halogens is 1. The van der Waals surface area contributed by atoms with Crippen LogP contribution in [0.4, 0.5) is 0 Å². The fourth-order valence-electron chi connectivity index (χ4n) is 3.34. The van der Waals surface area contributed by atoms with Crippen LogP contribution in [0, 0.1) is 0 Å². The number of hydrogen-bond acceptors (Lipinski definition) is 4. The molecule has 1 aromatic heterocycles. The summed E-state index contributed by atoms with van der Waals surface area (Å²) in [5.74, 6) is 0.913. The molecule has 0 saturated heterocycles. The maximum absolute atomic E-state index is 12.5. The standard InChI is InChI=1S/C21H27ClN4O2S/c1-5-12-26-20-11-10-17(29(27,28)24(2)3)13-19(20)23-21(26)15-25(4)14-16-8-6-7-9-18(16)22/h6-11,13H,5,12,14-15H2,1-4H3. The minimum Gasteiger partial charge on any atom is -0.327 e. The number of imidazole rings is 1. The lowest BCUT2D eigenvalue weighted by Gasteiger charge is -2.18. The topological polar surface area (TPSA) is 58.4 Å². The summed E-state index contributed by atoms with van der Waals surface area (Å²) in [5.41, 5.74) is 2.71. The Labute approximate surface area is 177 Å². The first-order chi connectivity index (χ1) is 13.7. The van der Waals surface area contributed by atoms with Crippen molar-refractivity contribution in [2.75, 3.05) is 21.1 Å². The van der Waals surface area contributed by atoms with E-state index in [4.69, 9.17) is 16.6 Å². The molecule has 0 atom stereocenters. The van der Waals surface area contributed by atoms with E-state index in [1.807, 2.05) is 37.4 Å². The molecule has 0 fully saturated rings. The predicted molar refractivity (Wildman–Crippen MR) is 118 cm³/mol. The number of hydrogen-bond donors (Lipinski definition) is 0. The third-order valence-corrected chi connectivity index (χ3v) is 7.01. The van der Waals surface area contributed by atoms with Crippen LogP contribution in [0.3, 0.4) is 0 Å². The number of aromatic nitrogens is 2. The normalized spacial score (nSPS) is 12.4. The highest BCUT2D eigenvalue weighted by Crippen LogP contribution is 2.24. The maximum atomic E-state index is 12.5. The second-order valence-electron chi connectivity index (χ2n) is 7.38. The Balaban J connectivity index is 1.94. The quantitative estimate of drug-likeness (QED) is 0.538. The van der Waals surface area contributed by atoms with Crippen molar-refractivity contribution >= 4 is 32.7 Å². The summed E-state index contributed by atoms with van der Waals surface area (Å²) in [7, 11) is 1.60. The van der Waals surface area contributed by atoms with Crippen molar-refractivity contribution < 1.29 is 8.42 Å². The van der Waals surface area contributed by atoms with Gasteiger partial charge in [-0.1, -0.05) is 36.7 Å². The van der Waals surface area contributed by atoms with Gasteiger partial charge in [0, 0.05) is 32.2 Å². The molecule has 8 heteroatoms. The molecule has 0 saturated carbocycles. The number of aryl methyl sites for hydroxylation is 1. The second-order valence-corrected chi connectivity index (χ2v) is 9.94. The van der Waals surface area contributed by atoms with Crippen LogP contribution >= 0.6 is 11.6 Å². The summed E-state index contributed by atoms with van der Waals surface area (Å²) >= 11 is 6.29. The average Bonchev–Trinajstić information content (AvgIpc) is 3.00. The molecule has 0 N–H and O–H groups in total. The van der Waals surface area contributed by atoms with E-state index in [-0.39, 0.29) is 4.90 Å². The summed E-state index contributed by atoms with van der Waals surface area (Å²) in [5, 5.41) is 0.750. The van der Waals surface area contributed by atoms with E-state index in [2.05, 4.69) is 16.4 Å². The van der Waals surface area contributed by atoms with Gasteiger partial charge in [-0.3, -0.25) is 4.90 Å². The van der Waals surface area contributed by atoms with Gasteiger partial charge in [-0.15, -0.1) is 0 Å². The zero-order chi connectivity index (χ0) is 21.2. The van der Waals surface area contributed by atoms with Crippen molar-refractivity contribution in [3.8, 4) is 0 Å². The first-order valence-corrected chi connectivity index (χ1v) is 11.4. The van der Waals surface area contributed by atoms with Gasteiger partial charge in [-0.25, -0.2) is 17.7 Å². The van der Waals surface area contributed by atoms with Crippen LogP contribution in [0.2, 0.25) is 5.02 Å². The molecule has 29 heavy (non-hydrogen) atoms. The molecule has 0 unspecified atom stereocenters. The number of rotatable bonds is 8. The summed E-state index contributed by atoms with van der Waals surface area (Å²) in [6.07, 6.45) is 0.963. The SMILES string of the molecule is CCCn1c(CN(C)Cc2ccccc2Cl)nc2cc(S(=O)(=O)N(C)C)ccc21. The minimum absolute atomic E-state index is 0.257. The van der Waals surface area contributed by atoms with Crippen molar-refractivity contribution in [1.29, 1.82) is 0 Å². The van der Waals surface area contributed by atoms with Crippen molar-refractivity contribution in [3.63, 3.8) is 0 Å². The minimum atomic E-state index is -3.49. The largest absolute Gasteiger partial charge is 0.327 e. The Morgan fingerprint density at radius 2 is 1.79 bits per heavy atom. The van der Waals surface area contributed by atoms with Gasteiger partial charge in [0.05, 0.1) is 22.5 Å². The first kappa shape index (κ1) is 21.8. The Morgan fingerprint density at radius 1 is 1.07 bits per heavy atom. The molecule has 0 radical (unpaired) electrons. The molecule has 156 valence electrons. The predicted octanol–water partition coefficient (Wildman–Crippen LogP) is 3.98. The van der Waals surface area contributed by atoms with Crippen LogP contribution in [0.25, 0.3) is 11.0 Å². The molecule has 0 spiro atoms. The molecule has 2 aromatic carbocycles. The molecule has 0 bridgehead atoms. The van der Waals surface area contributed by atoms with E-state index in [1.54, 1.807) is 12.1 Å². The van der Waals surface area contributed by atoms with E-state index in [9.17, 15) is 8.42 Å². The number of nitrogens with zero attached hydrogens (tertiary/aromatic N) is 4. The van der Waals surface area contributed by atoms with Crippen LogP contribution in [-0.2, 0) is 29.7 Å². The Bertz CT molecular complexity index is 1110. The highest BCUT2D eigenvalue weighted by atomic mass is 35.5. The summed E-state index contributed by atoms with van der Waals surface area (Å²) < 4.78 is 28.3. The van der Waals surface area contributed by atoms with Gasteiger partial charge < -0.3 is 4.57 Å². The van der Waals surface area contributed by atoms with E-state index in [0.29, 0.717) is 18.6 Å². The van der Waals surface area contributed by atoms with Gasteiger partial charge in [0.25, 0.3) is 0 Å². The van der Waals surface area contributed by atoms with Gasteiger partial charge >= 0.3 is 0 Å².